The first-order chi connectivity index (χ1) is 11.3. The number of hydrogen-bond donors (Lipinski definition) is 0. The van der Waals surface area contributed by atoms with Crippen LogP contribution in [0.25, 0.3) is 11.1 Å². The minimum Gasteiger partial charge on any atom is -0.487 e. The lowest BCUT2D eigenvalue weighted by atomic mass is 9.97. The third-order valence-corrected chi connectivity index (χ3v) is 4.51. The summed E-state index contributed by atoms with van der Waals surface area (Å²) in [6, 6.07) is 25.0. The summed E-state index contributed by atoms with van der Waals surface area (Å²) in [6.07, 6.45) is 1.00. The lowest BCUT2D eigenvalue weighted by molar-refractivity contribution is 0.305. The number of hydrogen-bond acceptors (Lipinski definition) is 1. The molecular formula is C21H19BrO. The molecular weight excluding hydrogens is 348 g/mol. The van der Waals surface area contributed by atoms with Crippen molar-refractivity contribution in [2.75, 3.05) is 0 Å². The average Bonchev–Trinajstić information content (AvgIpc) is 2.61. The monoisotopic (exact) mass is 366 g/mol. The molecule has 3 aromatic carbocycles. The second-order valence-corrected chi connectivity index (χ2v) is 6.26. The van der Waals surface area contributed by atoms with Gasteiger partial charge in [-0.15, -0.1) is 0 Å². The van der Waals surface area contributed by atoms with Gasteiger partial charge in [0, 0.05) is 5.56 Å². The lowest BCUT2D eigenvalue weighted by Gasteiger charge is -2.16. The van der Waals surface area contributed by atoms with Crippen molar-refractivity contribution in [1.82, 2.24) is 0 Å². The Balaban J connectivity index is 1.97. The van der Waals surface area contributed by atoms with Gasteiger partial charge in [0.2, 0.25) is 0 Å². The van der Waals surface area contributed by atoms with Crippen LogP contribution >= 0.6 is 15.9 Å². The van der Waals surface area contributed by atoms with E-state index in [0.717, 1.165) is 27.8 Å². The van der Waals surface area contributed by atoms with Crippen LogP contribution in [-0.4, -0.2) is 0 Å². The van der Waals surface area contributed by atoms with Crippen LogP contribution < -0.4 is 4.74 Å². The highest BCUT2D eigenvalue weighted by atomic mass is 79.9. The third-order valence-electron chi connectivity index (χ3n) is 3.88. The molecule has 0 saturated carbocycles. The van der Waals surface area contributed by atoms with E-state index in [1.807, 2.05) is 24.3 Å². The molecule has 0 aliphatic heterocycles. The van der Waals surface area contributed by atoms with Crippen molar-refractivity contribution >= 4 is 15.9 Å². The molecule has 116 valence electrons. The Hall–Kier alpha value is -2.06. The van der Waals surface area contributed by atoms with Crippen molar-refractivity contribution in [3.8, 4) is 16.9 Å². The number of rotatable bonds is 5. The molecule has 3 rings (SSSR count). The van der Waals surface area contributed by atoms with Crippen molar-refractivity contribution < 1.29 is 4.74 Å². The van der Waals surface area contributed by atoms with E-state index < -0.39 is 0 Å². The van der Waals surface area contributed by atoms with Gasteiger partial charge in [0.15, 0.2) is 0 Å². The van der Waals surface area contributed by atoms with E-state index in [0.29, 0.717) is 6.61 Å². The minimum atomic E-state index is 0.560. The Morgan fingerprint density at radius 2 is 1.48 bits per heavy atom. The van der Waals surface area contributed by atoms with Gasteiger partial charge in [-0.05, 0) is 45.1 Å². The van der Waals surface area contributed by atoms with Gasteiger partial charge in [0.05, 0.1) is 4.47 Å². The highest BCUT2D eigenvalue weighted by Gasteiger charge is 2.12. The molecule has 0 atom stereocenters. The summed E-state index contributed by atoms with van der Waals surface area (Å²) < 4.78 is 7.14. The van der Waals surface area contributed by atoms with Crippen molar-refractivity contribution in [3.05, 3.63) is 88.4 Å². The summed E-state index contributed by atoms with van der Waals surface area (Å²) in [7, 11) is 0. The van der Waals surface area contributed by atoms with Gasteiger partial charge in [-0.25, -0.2) is 0 Å². The summed E-state index contributed by atoms with van der Waals surface area (Å²) in [5, 5.41) is 0. The molecule has 0 aliphatic rings. The van der Waals surface area contributed by atoms with Gasteiger partial charge in [-0.1, -0.05) is 73.7 Å². The molecule has 0 bridgehead atoms. The van der Waals surface area contributed by atoms with Crippen LogP contribution in [-0.2, 0) is 13.0 Å². The fourth-order valence-electron chi connectivity index (χ4n) is 2.69. The Kier molecular flexibility index (Phi) is 5.14. The molecule has 0 N–H and O–H groups in total. The van der Waals surface area contributed by atoms with Crippen LogP contribution in [0.4, 0.5) is 0 Å². The van der Waals surface area contributed by atoms with Crippen molar-refractivity contribution in [1.29, 1.82) is 0 Å². The Bertz CT molecular complexity index is 781. The SMILES string of the molecule is CCc1ccccc1-c1cccc(Br)c1OCc1ccccc1. The van der Waals surface area contributed by atoms with E-state index in [4.69, 9.17) is 4.74 Å². The number of ether oxygens (including phenoxy) is 1. The Morgan fingerprint density at radius 1 is 0.783 bits per heavy atom. The summed E-state index contributed by atoms with van der Waals surface area (Å²) in [6.45, 7) is 2.74. The fourth-order valence-corrected chi connectivity index (χ4v) is 3.17. The molecule has 0 aliphatic carbocycles. The molecule has 0 heterocycles. The topological polar surface area (TPSA) is 9.23 Å². The van der Waals surface area contributed by atoms with Gasteiger partial charge >= 0.3 is 0 Å². The van der Waals surface area contributed by atoms with Crippen LogP contribution in [0.1, 0.15) is 18.1 Å². The first-order valence-corrected chi connectivity index (χ1v) is 8.62. The quantitative estimate of drug-likeness (QED) is 0.517. The normalized spacial score (nSPS) is 10.5. The predicted molar refractivity (Wildman–Crippen MR) is 99.7 cm³/mol. The summed E-state index contributed by atoms with van der Waals surface area (Å²) in [5.74, 6) is 0.900. The van der Waals surface area contributed by atoms with Crippen molar-refractivity contribution in [2.24, 2.45) is 0 Å². The molecule has 0 unspecified atom stereocenters. The molecule has 0 radical (unpaired) electrons. The van der Waals surface area contributed by atoms with E-state index in [1.165, 1.54) is 11.1 Å². The number of benzene rings is 3. The average molecular weight is 367 g/mol. The predicted octanol–water partition coefficient (Wildman–Crippen LogP) is 6.26. The largest absolute Gasteiger partial charge is 0.487 e. The Morgan fingerprint density at radius 3 is 2.26 bits per heavy atom. The van der Waals surface area contributed by atoms with E-state index in [9.17, 15) is 0 Å². The molecule has 1 nitrogen and oxygen atoms in total. The van der Waals surface area contributed by atoms with Gasteiger partial charge in [0.1, 0.15) is 12.4 Å². The van der Waals surface area contributed by atoms with Gasteiger partial charge in [-0.3, -0.25) is 0 Å². The summed E-state index contributed by atoms with van der Waals surface area (Å²) >= 11 is 3.64. The summed E-state index contributed by atoms with van der Waals surface area (Å²) in [4.78, 5) is 0. The van der Waals surface area contributed by atoms with Crippen LogP contribution in [0.3, 0.4) is 0 Å². The first-order valence-electron chi connectivity index (χ1n) is 7.83. The van der Waals surface area contributed by atoms with Crippen molar-refractivity contribution in [2.45, 2.75) is 20.0 Å². The van der Waals surface area contributed by atoms with Gasteiger partial charge in [0.25, 0.3) is 0 Å². The van der Waals surface area contributed by atoms with Crippen LogP contribution in [0.5, 0.6) is 5.75 Å². The van der Waals surface area contributed by atoms with Crippen molar-refractivity contribution in [3.63, 3.8) is 0 Å². The molecule has 2 heteroatoms. The van der Waals surface area contributed by atoms with Gasteiger partial charge < -0.3 is 4.74 Å². The highest BCUT2D eigenvalue weighted by molar-refractivity contribution is 9.10. The highest BCUT2D eigenvalue weighted by Crippen LogP contribution is 2.38. The molecule has 0 fully saturated rings. The van der Waals surface area contributed by atoms with E-state index in [2.05, 4.69) is 71.4 Å². The zero-order chi connectivity index (χ0) is 16.1. The van der Waals surface area contributed by atoms with Crippen LogP contribution in [0.2, 0.25) is 0 Å². The van der Waals surface area contributed by atoms with Crippen LogP contribution in [0, 0.1) is 0 Å². The maximum atomic E-state index is 6.16. The first kappa shape index (κ1) is 15.8. The fraction of sp³-hybridized carbons (Fsp3) is 0.143. The molecule has 0 amide bonds. The van der Waals surface area contributed by atoms with E-state index >= 15 is 0 Å². The second kappa shape index (κ2) is 7.47. The summed E-state index contributed by atoms with van der Waals surface area (Å²) in [5.41, 5.74) is 4.86. The lowest BCUT2D eigenvalue weighted by Crippen LogP contribution is -1.98. The smallest absolute Gasteiger partial charge is 0.141 e. The number of halogens is 1. The maximum absolute atomic E-state index is 6.16. The third kappa shape index (κ3) is 3.65. The molecule has 0 aromatic heterocycles. The number of aryl methyl sites for hydroxylation is 1. The maximum Gasteiger partial charge on any atom is 0.141 e. The standard InChI is InChI=1S/C21H19BrO/c1-2-17-11-6-7-12-18(17)19-13-8-14-20(22)21(19)23-15-16-9-4-3-5-10-16/h3-14H,2,15H2,1H3. The minimum absolute atomic E-state index is 0.560. The van der Waals surface area contributed by atoms with Gasteiger partial charge in [-0.2, -0.15) is 0 Å². The zero-order valence-electron chi connectivity index (χ0n) is 13.1. The van der Waals surface area contributed by atoms with E-state index in [-0.39, 0.29) is 0 Å². The molecule has 23 heavy (non-hydrogen) atoms. The Labute approximate surface area is 146 Å². The molecule has 0 spiro atoms. The molecule has 0 saturated heterocycles. The number of para-hydroxylation sites is 1. The van der Waals surface area contributed by atoms with E-state index in [1.54, 1.807) is 0 Å². The second-order valence-electron chi connectivity index (χ2n) is 5.40. The zero-order valence-corrected chi connectivity index (χ0v) is 14.7. The van der Waals surface area contributed by atoms with Crippen LogP contribution in [0.15, 0.2) is 77.3 Å². The molecule has 3 aromatic rings.